The lowest BCUT2D eigenvalue weighted by Gasteiger charge is -2.03. The predicted molar refractivity (Wildman–Crippen MR) is 57.5 cm³/mol. The Balaban J connectivity index is 2.96. The second-order valence-corrected chi connectivity index (χ2v) is 3.76. The molecule has 1 heterocycles. The number of hydrogen-bond acceptors (Lipinski definition) is 4. The molecule has 0 amide bonds. The molecule has 1 unspecified atom stereocenters. The van der Waals surface area contributed by atoms with Gasteiger partial charge in [0.05, 0.1) is 6.61 Å². The summed E-state index contributed by atoms with van der Waals surface area (Å²) in [4.78, 5) is 15.1. The number of carboxylic acids is 1. The van der Waals surface area contributed by atoms with E-state index in [0.29, 0.717) is 11.6 Å². The van der Waals surface area contributed by atoms with E-state index in [1.807, 2.05) is 6.92 Å². The lowest BCUT2D eigenvalue weighted by Crippen LogP contribution is -2.00. The smallest absolute Gasteiger partial charge is 0.373 e. The third-order valence-electron chi connectivity index (χ3n) is 2.33. The van der Waals surface area contributed by atoms with E-state index >= 15 is 0 Å². The number of carboxylic acid groups (broad SMARTS) is 1. The number of nitrogens with zero attached hydrogens (tertiary/aromatic N) is 1. The summed E-state index contributed by atoms with van der Waals surface area (Å²) in [6.07, 6.45) is 1.93. The first kappa shape index (κ1) is 12.7. The Morgan fingerprint density at radius 3 is 2.81 bits per heavy atom. The molecule has 0 aliphatic heterocycles. The van der Waals surface area contributed by atoms with Crippen LogP contribution in [0.4, 0.5) is 0 Å². The Kier molecular flexibility index (Phi) is 4.49. The van der Waals surface area contributed by atoms with E-state index in [-0.39, 0.29) is 18.3 Å². The maximum Gasteiger partial charge on any atom is 0.373 e. The van der Waals surface area contributed by atoms with Gasteiger partial charge in [0.1, 0.15) is 5.69 Å². The molecule has 0 saturated heterocycles. The molecule has 90 valence electrons. The monoisotopic (exact) mass is 227 g/mol. The highest BCUT2D eigenvalue weighted by atomic mass is 16.5. The Bertz CT molecular complexity index is 359. The molecule has 1 rings (SSSR count). The molecule has 16 heavy (non-hydrogen) atoms. The predicted octanol–water partition coefficient (Wildman–Crippen LogP) is 2.42. The van der Waals surface area contributed by atoms with E-state index < -0.39 is 5.97 Å². The van der Waals surface area contributed by atoms with Crippen molar-refractivity contribution in [2.45, 2.75) is 39.2 Å². The number of hydrogen-bond donors (Lipinski definition) is 1. The zero-order valence-corrected chi connectivity index (χ0v) is 9.82. The summed E-state index contributed by atoms with van der Waals surface area (Å²) in [5.41, 5.74) is 0.355. The van der Waals surface area contributed by atoms with Crippen molar-refractivity contribution in [2.24, 2.45) is 0 Å². The molecule has 0 bridgehead atoms. The second kappa shape index (κ2) is 5.65. The van der Waals surface area contributed by atoms with E-state index in [9.17, 15) is 4.79 Å². The van der Waals surface area contributed by atoms with Crippen LogP contribution >= 0.6 is 0 Å². The van der Waals surface area contributed by atoms with Gasteiger partial charge in [0.2, 0.25) is 5.76 Å². The van der Waals surface area contributed by atoms with Crippen LogP contribution in [0.5, 0.6) is 0 Å². The van der Waals surface area contributed by atoms with E-state index in [2.05, 4.69) is 11.9 Å². The molecule has 1 N–H and O–H groups in total. The van der Waals surface area contributed by atoms with Gasteiger partial charge in [-0.3, -0.25) is 0 Å². The molecular formula is C11H17NO4. The molecule has 5 heteroatoms. The topological polar surface area (TPSA) is 72.6 Å². The molecule has 0 aliphatic carbocycles. The molecule has 0 radical (unpaired) electrons. The lowest BCUT2D eigenvalue weighted by atomic mass is 10.1. The third-order valence-corrected chi connectivity index (χ3v) is 2.33. The number of aromatic carboxylic acids is 1. The fourth-order valence-electron chi connectivity index (χ4n) is 1.54. The van der Waals surface area contributed by atoms with Gasteiger partial charge in [-0.05, 0) is 6.42 Å². The van der Waals surface area contributed by atoms with Crippen LogP contribution < -0.4 is 0 Å². The minimum Gasteiger partial charge on any atom is -0.475 e. The number of methoxy groups -OCH3 is 1. The number of oxazole rings is 1. The van der Waals surface area contributed by atoms with Crippen LogP contribution in [-0.4, -0.2) is 23.2 Å². The standard InChI is InChI=1S/C11H17NO4/c1-4-5-7(2)10-12-8(6-15-3)9(16-10)11(13)14/h7H,4-6H2,1-3H3,(H,13,14). The van der Waals surface area contributed by atoms with Gasteiger partial charge >= 0.3 is 5.97 Å². The number of aromatic nitrogens is 1. The van der Waals surface area contributed by atoms with Crippen molar-refractivity contribution < 1.29 is 19.1 Å². The van der Waals surface area contributed by atoms with Gasteiger partial charge in [-0.15, -0.1) is 0 Å². The Labute approximate surface area is 94.4 Å². The number of ether oxygens (including phenoxy) is 1. The summed E-state index contributed by atoms with van der Waals surface area (Å²) >= 11 is 0. The van der Waals surface area contributed by atoms with Crippen LogP contribution in [0.3, 0.4) is 0 Å². The van der Waals surface area contributed by atoms with Crippen LogP contribution in [-0.2, 0) is 11.3 Å². The molecule has 0 fully saturated rings. The van der Waals surface area contributed by atoms with Gasteiger partial charge in [-0.2, -0.15) is 0 Å². The minimum absolute atomic E-state index is 0.111. The van der Waals surface area contributed by atoms with Crippen molar-refractivity contribution in [3.05, 3.63) is 17.3 Å². The molecule has 1 aromatic rings. The van der Waals surface area contributed by atoms with Gasteiger partial charge in [-0.25, -0.2) is 9.78 Å². The molecule has 0 aromatic carbocycles. The highest BCUT2D eigenvalue weighted by molar-refractivity contribution is 5.85. The van der Waals surface area contributed by atoms with E-state index in [0.717, 1.165) is 12.8 Å². The summed E-state index contributed by atoms with van der Waals surface area (Å²) in [5, 5.41) is 8.93. The Hall–Kier alpha value is -1.36. The molecule has 0 aliphatic rings. The van der Waals surface area contributed by atoms with Crippen LogP contribution in [0, 0.1) is 0 Å². The minimum atomic E-state index is -1.10. The largest absolute Gasteiger partial charge is 0.475 e. The van der Waals surface area contributed by atoms with Gasteiger partial charge in [0, 0.05) is 13.0 Å². The molecule has 1 atom stereocenters. The van der Waals surface area contributed by atoms with Crippen LogP contribution in [0.15, 0.2) is 4.42 Å². The summed E-state index contributed by atoms with van der Waals surface area (Å²) < 4.78 is 10.1. The van der Waals surface area contributed by atoms with Gasteiger partial charge in [0.25, 0.3) is 0 Å². The van der Waals surface area contributed by atoms with E-state index in [1.54, 1.807) is 0 Å². The zero-order chi connectivity index (χ0) is 12.1. The summed E-state index contributed by atoms with van der Waals surface area (Å²) in [7, 11) is 1.50. The number of rotatable bonds is 6. The third kappa shape index (κ3) is 2.82. The highest BCUT2D eigenvalue weighted by Crippen LogP contribution is 2.23. The first-order valence-electron chi connectivity index (χ1n) is 5.32. The van der Waals surface area contributed by atoms with Crippen LogP contribution in [0.25, 0.3) is 0 Å². The van der Waals surface area contributed by atoms with E-state index in [4.69, 9.17) is 14.3 Å². The number of carbonyl (C=O) groups is 1. The first-order valence-corrected chi connectivity index (χ1v) is 5.32. The van der Waals surface area contributed by atoms with Crippen molar-refractivity contribution in [3.8, 4) is 0 Å². The SMILES string of the molecule is CCCC(C)c1nc(COC)c(C(=O)O)o1. The molecule has 0 spiro atoms. The fourth-order valence-corrected chi connectivity index (χ4v) is 1.54. The van der Waals surface area contributed by atoms with Crippen molar-refractivity contribution in [2.75, 3.05) is 7.11 Å². The quantitative estimate of drug-likeness (QED) is 0.807. The lowest BCUT2D eigenvalue weighted by molar-refractivity contribution is 0.0653. The fraction of sp³-hybridized carbons (Fsp3) is 0.636. The average molecular weight is 227 g/mol. The summed E-state index contributed by atoms with van der Waals surface area (Å²) in [6.45, 7) is 4.19. The van der Waals surface area contributed by atoms with Crippen molar-refractivity contribution in [1.82, 2.24) is 4.98 Å². The second-order valence-electron chi connectivity index (χ2n) is 3.76. The molecule has 0 saturated carbocycles. The molecule has 5 nitrogen and oxygen atoms in total. The van der Waals surface area contributed by atoms with E-state index in [1.165, 1.54) is 7.11 Å². The normalized spacial score (nSPS) is 12.7. The van der Waals surface area contributed by atoms with Gasteiger partial charge in [0.15, 0.2) is 5.89 Å². The highest BCUT2D eigenvalue weighted by Gasteiger charge is 2.21. The maximum atomic E-state index is 10.9. The summed E-state index contributed by atoms with van der Waals surface area (Å²) in [5.74, 6) is -0.602. The summed E-state index contributed by atoms with van der Waals surface area (Å²) in [6, 6.07) is 0. The Morgan fingerprint density at radius 1 is 1.62 bits per heavy atom. The van der Waals surface area contributed by atoms with Crippen molar-refractivity contribution in [1.29, 1.82) is 0 Å². The maximum absolute atomic E-state index is 10.9. The van der Waals surface area contributed by atoms with Gasteiger partial charge in [-0.1, -0.05) is 20.3 Å². The zero-order valence-electron chi connectivity index (χ0n) is 9.82. The average Bonchev–Trinajstić information content (AvgIpc) is 2.63. The van der Waals surface area contributed by atoms with Crippen molar-refractivity contribution >= 4 is 5.97 Å². The van der Waals surface area contributed by atoms with Gasteiger partial charge < -0.3 is 14.3 Å². The van der Waals surface area contributed by atoms with Crippen LogP contribution in [0.2, 0.25) is 0 Å². The molecule has 1 aromatic heterocycles. The first-order chi connectivity index (χ1) is 7.60. The molecular weight excluding hydrogens is 210 g/mol. The van der Waals surface area contributed by atoms with Crippen molar-refractivity contribution in [3.63, 3.8) is 0 Å². The Morgan fingerprint density at radius 2 is 2.31 bits per heavy atom. The van der Waals surface area contributed by atoms with Crippen LogP contribution in [0.1, 0.15) is 54.7 Å².